The first-order valence-electron chi connectivity index (χ1n) is 6.13. The van der Waals surface area contributed by atoms with Gasteiger partial charge in [0, 0.05) is 28.9 Å². The van der Waals surface area contributed by atoms with E-state index in [-0.39, 0.29) is 23.0 Å². The molecule has 0 saturated carbocycles. The standard InChI is InChI=1S/C13H18N2O5S/c1-8(21(3)19)7-14-13(18)15-11-5-4-9(20-2)6-10(11)12(16)17/h4-6,8H,7H2,1-3H3,(H,16,17)(H2,14,15,18). The third kappa shape index (κ3) is 5.07. The number of rotatable bonds is 6. The highest BCUT2D eigenvalue weighted by atomic mass is 32.2. The molecule has 1 aromatic carbocycles. The van der Waals surface area contributed by atoms with Crippen LogP contribution >= 0.6 is 0 Å². The molecule has 116 valence electrons. The first kappa shape index (κ1) is 17.0. The maximum absolute atomic E-state index is 11.7. The summed E-state index contributed by atoms with van der Waals surface area (Å²) in [7, 11) is 0.381. The number of hydrogen-bond acceptors (Lipinski definition) is 4. The van der Waals surface area contributed by atoms with Gasteiger partial charge in [-0.15, -0.1) is 0 Å². The highest BCUT2D eigenvalue weighted by Crippen LogP contribution is 2.22. The number of ether oxygens (including phenoxy) is 1. The van der Waals surface area contributed by atoms with Crippen molar-refractivity contribution >= 4 is 28.5 Å². The number of hydrogen-bond donors (Lipinski definition) is 3. The van der Waals surface area contributed by atoms with Gasteiger partial charge in [-0.2, -0.15) is 0 Å². The summed E-state index contributed by atoms with van der Waals surface area (Å²) in [5, 5.41) is 13.9. The van der Waals surface area contributed by atoms with Gasteiger partial charge >= 0.3 is 12.0 Å². The minimum Gasteiger partial charge on any atom is -0.497 e. The average Bonchev–Trinajstić information content (AvgIpc) is 2.44. The fourth-order valence-electron chi connectivity index (χ4n) is 1.46. The van der Waals surface area contributed by atoms with Crippen molar-refractivity contribution in [2.24, 2.45) is 0 Å². The van der Waals surface area contributed by atoms with Gasteiger partial charge in [0.05, 0.1) is 18.4 Å². The van der Waals surface area contributed by atoms with E-state index in [4.69, 9.17) is 9.84 Å². The van der Waals surface area contributed by atoms with E-state index in [0.717, 1.165) is 0 Å². The molecular formula is C13H18N2O5S. The van der Waals surface area contributed by atoms with Crippen molar-refractivity contribution in [2.45, 2.75) is 12.2 Å². The number of carbonyl (C=O) groups is 2. The molecule has 3 N–H and O–H groups in total. The van der Waals surface area contributed by atoms with E-state index in [2.05, 4.69) is 10.6 Å². The van der Waals surface area contributed by atoms with Gasteiger partial charge in [0.1, 0.15) is 5.75 Å². The van der Waals surface area contributed by atoms with Crippen LogP contribution in [0.25, 0.3) is 0 Å². The lowest BCUT2D eigenvalue weighted by atomic mass is 10.1. The minimum absolute atomic E-state index is 0.0726. The molecule has 0 aliphatic heterocycles. The molecule has 0 bridgehead atoms. The fourth-order valence-corrected chi connectivity index (χ4v) is 1.77. The Bertz CT molecular complexity index is 561. The molecule has 0 fully saturated rings. The molecule has 0 heterocycles. The molecule has 0 spiro atoms. The Balaban J connectivity index is 2.76. The van der Waals surface area contributed by atoms with Gasteiger partial charge in [-0.25, -0.2) is 9.59 Å². The molecule has 1 rings (SSSR count). The lowest BCUT2D eigenvalue weighted by molar-refractivity contribution is 0.0697. The van der Waals surface area contributed by atoms with Crippen molar-refractivity contribution in [1.82, 2.24) is 5.32 Å². The summed E-state index contributed by atoms with van der Waals surface area (Å²) >= 11 is 0. The Labute approximate surface area is 125 Å². The van der Waals surface area contributed by atoms with Gasteiger partial charge in [-0.05, 0) is 25.1 Å². The van der Waals surface area contributed by atoms with Gasteiger partial charge < -0.3 is 20.5 Å². The molecule has 8 heteroatoms. The van der Waals surface area contributed by atoms with E-state index in [1.54, 1.807) is 19.2 Å². The zero-order valence-electron chi connectivity index (χ0n) is 12.0. The number of anilines is 1. The highest BCUT2D eigenvalue weighted by molar-refractivity contribution is 7.84. The third-order valence-electron chi connectivity index (χ3n) is 2.82. The molecule has 2 unspecified atom stereocenters. The van der Waals surface area contributed by atoms with Crippen LogP contribution in [0.5, 0.6) is 5.75 Å². The maximum atomic E-state index is 11.7. The van der Waals surface area contributed by atoms with Crippen LogP contribution < -0.4 is 15.4 Å². The number of carboxylic acids is 1. The third-order valence-corrected chi connectivity index (χ3v) is 4.12. The molecule has 0 aromatic heterocycles. The minimum atomic E-state index is -1.17. The van der Waals surface area contributed by atoms with Crippen molar-refractivity contribution in [1.29, 1.82) is 0 Å². The summed E-state index contributed by atoms with van der Waals surface area (Å²) in [6, 6.07) is 3.76. The van der Waals surface area contributed by atoms with Crippen molar-refractivity contribution in [3.05, 3.63) is 23.8 Å². The number of aromatic carboxylic acids is 1. The van der Waals surface area contributed by atoms with Gasteiger partial charge in [-0.1, -0.05) is 0 Å². The van der Waals surface area contributed by atoms with E-state index < -0.39 is 22.8 Å². The number of nitrogens with one attached hydrogen (secondary N) is 2. The van der Waals surface area contributed by atoms with Crippen molar-refractivity contribution in [3.8, 4) is 5.75 Å². The first-order valence-corrected chi connectivity index (χ1v) is 7.75. The van der Waals surface area contributed by atoms with Gasteiger partial charge in [0.2, 0.25) is 0 Å². The average molecular weight is 314 g/mol. The van der Waals surface area contributed by atoms with Crippen LogP contribution in [0.2, 0.25) is 0 Å². The Morgan fingerprint density at radius 3 is 2.62 bits per heavy atom. The van der Waals surface area contributed by atoms with Crippen LogP contribution in [0.4, 0.5) is 10.5 Å². The summed E-state index contributed by atoms with van der Waals surface area (Å²) in [5.74, 6) is -0.791. The van der Waals surface area contributed by atoms with Crippen LogP contribution in [0.1, 0.15) is 17.3 Å². The maximum Gasteiger partial charge on any atom is 0.337 e. The van der Waals surface area contributed by atoms with Crippen molar-refractivity contribution in [3.63, 3.8) is 0 Å². The first-order chi connectivity index (χ1) is 9.85. The van der Waals surface area contributed by atoms with Crippen LogP contribution in [0, 0.1) is 0 Å². The Hall–Kier alpha value is -2.09. The van der Waals surface area contributed by atoms with Gasteiger partial charge in [0.15, 0.2) is 0 Å². The lowest BCUT2D eigenvalue weighted by Gasteiger charge is -2.13. The van der Waals surface area contributed by atoms with Crippen LogP contribution in [0.3, 0.4) is 0 Å². The summed E-state index contributed by atoms with van der Waals surface area (Å²) in [6.07, 6.45) is 1.55. The second-order valence-electron chi connectivity index (χ2n) is 4.36. The summed E-state index contributed by atoms with van der Waals surface area (Å²) < 4.78 is 16.1. The van der Waals surface area contributed by atoms with E-state index >= 15 is 0 Å². The zero-order valence-corrected chi connectivity index (χ0v) is 12.8. The topological polar surface area (TPSA) is 105 Å². The monoisotopic (exact) mass is 314 g/mol. The molecule has 2 amide bonds. The largest absolute Gasteiger partial charge is 0.497 e. The molecule has 0 aliphatic carbocycles. The quantitative estimate of drug-likeness (QED) is 0.733. The van der Waals surface area contributed by atoms with E-state index in [0.29, 0.717) is 5.75 Å². The Kier molecular flexibility index (Phi) is 6.16. The summed E-state index contributed by atoms with van der Waals surface area (Å²) in [5.41, 5.74) is 0.0858. The van der Waals surface area contributed by atoms with E-state index in [9.17, 15) is 13.8 Å². The van der Waals surface area contributed by atoms with E-state index in [1.807, 2.05) is 0 Å². The molecule has 0 aliphatic rings. The molecule has 0 saturated heterocycles. The molecular weight excluding hydrogens is 296 g/mol. The molecule has 1 aromatic rings. The molecule has 0 radical (unpaired) electrons. The van der Waals surface area contributed by atoms with E-state index in [1.165, 1.54) is 19.2 Å². The number of carbonyl (C=O) groups excluding carboxylic acids is 1. The second kappa shape index (κ2) is 7.63. The van der Waals surface area contributed by atoms with Crippen LogP contribution in [0.15, 0.2) is 18.2 Å². The van der Waals surface area contributed by atoms with Gasteiger partial charge in [0.25, 0.3) is 0 Å². The van der Waals surface area contributed by atoms with Crippen LogP contribution in [-0.4, -0.2) is 46.5 Å². The highest BCUT2D eigenvalue weighted by Gasteiger charge is 2.14. The lowest BCUT2D eigenvalue weighted by Crippen LogP contribution is -2.35. The van der Waals surface area contributed by atoms with Crippen LogP contribution in [-0.2, 0) is 10.8 Å². The smallest absolute Gasteiger partial charge is 0.337 e. The SMILES string of the molecule is COc1ccc(NC(=O)NCC(C)S(C)=O)c(C(=O)O)c1. The number of amides is 2. The second-order valence-corrected chi connectivity index (χ2v) is 6.16. The Morgan fingerprint density at radius 2 is 2.10 bits per heavy atom. The predicted molar refractivity (Wildman–Crippen MR) is 80.5 cm³/mol. The molecule has 21 heavy (non-hydrogen) atoms. The number of methoxy groups -OCH3 is 1. The predicted octanol–water partition coefficient (Wildman–Crippen LogP) is 1.28. The van der Waals surface area contributed by atoms with Crippen molar-refractivity contribution < 1.29 is 23.6 Å². The number of benzene rings is 1. The molecule has 7 nitrogen and oxygen atoms in total. The summed E-state index contributed by atoms with van der Waals surface area (Å²) in [6.45, 7) is 1.97. The number of urea groups is 1. The Morgan fingerprint density at radius 1 is 1.43 bits per heavy atom. The number of carboxylic acid groups (broad SMARTS) is 1. The normalized spacial score (nSPS) is 13.1. The van der Waals surface area contributed by atoms with Crippen molar-refractivity contribution in [2.75, 3.05) is 25.2 Å². The fraction of sp³-hybridized carbons (Fsp3) is 0.385. The molecule has 2 atom stereocenters. The summed E-state index contributed by atoms with van der Waals surface area (Å²) in [4.78, 5) is 22.9. The zero-order chi connectivity index (χ0) is 16.0. The van der Waals surface area contributed by atoms with Gasteiger partial charge in [-0.3, -0.25) is 4.21 Å².